The molecule has 1 aliphatic carbocycles. The van der Waals surface area contributed by atoms with Crippen molar-refractivity contribution in [2.24, 2.45) is 11.7 Å². The van der Waals surface area contributed by atoms with E-state index >= 15 is 0 Å². The Balaban J connectivity index is 1.54. The Kier molecular flexibility index (Phi) is 3.39. The number of aromatic nitrogens is 2. The summed E-state index contributed by atoms with van der Waals surface area (Å²) in [6.07, 6.45) is 7.46. The molecule has 0 radical (unpaired) electrons. The average Bonchev–Trinajstić information content (AvgIpc) is 2.96. The van der Waals surface area contributed by atoms with Gasteiger partial charge in [0.1, 0.15) is 0 Å². The first kappa shape index (κ1) is 13.1. The van der Waals surface area contributed by atoms with E-state index in [1.165, 1.54) is 31.4 Å². The summed E-state index contributed by atoms with van der Waals surface area (Å²) in [5, 5.41) is 4.74. The monoisotopic (exact) mass is 262 g/mol. The molecule has 3 rings (SSSR count). The fourth-order valence-electron chi connectivity index (χ4n) is 3.33. The zero-order valence-corrected chi connectivity index (χ0v) is 12.2. The van der Waals surface area contributed by atoms with Gasteiger partial charge in [-0.25, -0.2) is 0 Å². The summed E-state index contributed by atoms with van der Waals surface area (Å²) >= 11 is 0. The molecule has 2 heterocycles. The Morgan fingerprint density at radius 3 is 2.68 bits per heavy atom. The molecular formula is C15H26N4. The number of hydrogen-bond acceptors (Lipinski definition) is 3. The maximum absolute atomic E-state index is 6.33. The van der Waals surface area contributed by atoms with Crippen LogP contribution in [0.25, 0.3) is 0 Å². The van der Waals surface area contributed by atoms with Crippen molar-refractivity contribution in [3.63, 3.8) is 0 Å². The molecule has 0 bridgehead atoms. The summed E-state index contributed by atoms with van der Waals surface area (Å²) in [7, 11) is 0. The third kappa shape index (κ3) is 2.56. The van der Waals surface area contributed by atoms with Crippen LogP contribution in [0.5, 0.6) is 0 Å². The van der Waals surface area contributed by atoms with Crippen molar-refractivity contribution in [1.82, 2.24) is 14.7 Å². The Morgan fingerprint density at radius 2 is 2.05 bits per heavy atom. The smallest absolute Gasteiger partial charge is 0.0764 e. The normalized spacial score (nSPS) is 24.0. The summed E-state index contributed by atoms with van der Waals surface area (Å²) in [5.74, 6) is 0.555. The summed E-state index contributed by atoms with van der Waals surface area (Å²) < 4.78 is 2.18. The molecule has 0 aromatic carbocycles. The van der Waals surface area contributed by atoms with Gasteiger partial charge in [0.05, 0.1) is 11.7 Å². The first-order valence-electron chi connectivity index (χ1n) is 7.62. The lowest BCUT2D eigenvalue weighted by Crippen LogP contribution is -2.69. The predicted octanol–water partition coefficient (Wildman–Crippen LogP) is 2.17. The minimum absolute atomic E-state index is 0.0218. The summed E-state index contributed by atoms with van der Waals surface area (Å²) in [5.41, 5.74) is 7.54. The molecule has 4 nitrogen and oxygen atoms in total. The summed E-state index contributed by atoms with van der Waals surface area (Å²) in [6.45, 7) is 7.38. The molecule has 1 saturated heterocycles. The van der Waals surface area contributed by atoms with Gasteiger partial charge in [-0.05, 0) is 24.8 Å². The molecule has 2 aliphatic rings. The van der Waals surface area contributed by atoms with Gasteiger partial charge >= 0.3 is 0 Å². The highest BCUT2D eigenvalue weighted by molar-refractivity contribution is 5.07. The Bertz CT molecular complexity index is 425. The highest BCUT2D eigenvalue weighted by atomic mass is 15.3. The summed E-state index contributed by atoms with van der Waals surface area (Å²) in [6, 6.07) is 2.82. The lowest BCUT2D eigenvalue weighted by molar-refractivity contribution is 0.0302. The third-order valence-corrected chi connectivity index (χ3v) is 4.93. The van der Waals surface area contributed by atoms with Crippen LogP contribution in [-0.2, 0) is 6.54 Å². The Hall–Kier alpha value is -0.870. The number of nitrogens with two attached hydrogens (primary N) is 1. The van der Waals surface area contributed by atoms with Crippen molar-refractivity contribution in [2.75, 3.05) is 13.1 Å². The van der Waals surface area contributed by atoms with Crippen LogP contribution < -0.4 is 5.73 Å². The second-order valence-corrected chi connectivity index (χ2v) is 6.76. The molecule has 106 valence electrons. The minimum Gasteiger partial charge on any atom is -0.323 e. The second-order valence-electron chi connectivity index (χ2n) is 6.76. The van der Waals surface area contributed by atoms with E-state index in [2.05, 4.69) is 35.7 Å². The van der Waals surface area contributed by atoms with E-state index in [0.717, 1.165) is 19.6 Å². The average molecular weight is 262 g/mol. The first-order chi connectivity index (χ1) is 9.07. The number of likely N-dealkylation sites (tertiary alicyclic amines) is 1. The number of rotatable bonds is 4. The van der Waals surface area contributed by atoms with Crippen molar-refractivity contribution in [2.45, 2.75) is 57.7 Å². The van der Waals surface area contributed by atoms with Gasteiger partial charge < -0.3 is 5.73 Å². The van der Waals surface area contributed by atoms with Crippen LogP contribution in [0.1, 0.15) is 51.3 Å². The standard InChI is InChI=1S/C15H26N4/c1-12(2)15(16)10-18(11-15)9-13-7-8-19(17-13)14-5-3-4-6-14/h7-8,12,14H,3-6,9-11,16H2,1-2H3. The van der Waals surface area contributed by atoms with Crippen molar-refractivity contribution in [3.05, 3.63) is 18.0 Å². The lowest BCUT2D eigenvalue weighted by Gasteiger charge is -2.50. The van der Waals surface area contributed by atoms with E-state index in [0.29, 0.717) is 12.0 Å². The fourth-order valence-corrected chi connectivity index (χ4v) is 3.33. The van der Waals surface area contributed by atoms with E-state index in [1.54, 1.807) is 0 Å². The minimum atomic E-state index is 0.0218. The van der Waals surface area contributed by atoms with Crippen molar-refractivity contribution >= 4 is 0 Å². The van der Waals surface area contributed by atoms with Gasteiger partial charge in [0, 0.05) is 31.4 Å². The van der Waals surface area contributed by atoms with Gasteiger partial charge in [-0.3, -0.25) is 9.58 Å². The van der Waals surface area contributed by atoms with E-state index in [1.807, 2.05) is 0 Å². The van der Waals surface area contributed by atoms with E-state index in [9.17, 15) is 0 Å². The van der Waals surface area contributed by atoms with Gasteiger partial charge in [-0.15, -0.1) is 0 Å². The zero-order chi connectivity index (χ0) is 13.5. The van der Waals surface area contributed by atoms with Gasteiger partial charge in [0.2, 0.25) is 0 Å². The van der Waals surface area contributed by atoms with Crippen molar-refractivity contribution < 1.29 is 0 Å². The highest BCUT2D eigenvalue weighted by Gasteiger charge is 2.41. The van der Waals surface area contributed by atoms with Crippen LogP contribution in [0.2, 0.25) is 0 Å². The van der Waals surface area contributed by atoms with Gasteiger partial charge in [0.15, 0.2) is 0 Å². The maximum atomic E-state index is 6.33. The van der Waals surface area contributed by atoms with Crippen LogP contribution >= 0.6 is 0 Å². The van der Waals surface area contributed by atoms with E-state index < -0.39 is 0 Å². The highest BCUT2D eigenvalue weighted by Crippen LogP contribution is 2.30. The molecular weight excluding hydrogens is 236 g/mol. The topological polar surface area (TPSA) is 47.1 Å². The van der Waals surface area contributed by atoms with Gasteiger partial charge in [0.25, 0.3) is 0 Å². The molecule has 0 spiro atoms. The SMILES string of the molecule is CC(C)C1(N)CN(Cc2ccn(C3CCCC3)n2)C1. The van der Waals surface area contributed by atoms with E-state index in [-0.39, 0.29) is 5.54 Å². The predicted molar refractivity (Wildman–Crippen MR) is 76.8 cm³/mol. The zero-order valence-electron chi connectivity index (χ0n) is 12.2. The molecule has 1 aromatic rings. The molecule has 0 atom stereocenters. The molecule has 0 unspecified atom stereocenters. The molecule has 0 amide bonds. The molecule has 4 heteroatoms. The van der Waals surface area contributed by atoms with Gasteiger partial charge in [-0.2, -0.15) is 5.10 Å². The lowest BCUT2D eigenvalue weighted by atomic mass is 9.80. The number of hydrogen-bond donors (Lipinski definition) is 1. The van der Waals surface area contributed by atoms with Crippen molar-refractivity contribution in [3.8, 4) is 0 Å². The quantitative estimate of drug-likeness (QED) is 0.904. The third-order valence-electron chi connectivity index (χ3n) is 4.93. The van der Waals surface area contributed by atoms with Crippen LogP contribution in [0.3, 0.4) is 0 Å². The first-order valence-corrected chi connectivity index (χ1v) is 7.62. The van der Waals surface area contributed by atoms with Crippen LogP contribution in [0.4, 0.5) is 0 Å². The molecule has 2 N–H and O–H groups in total. The van der Waals surface area contributed by atoms with E-state index in [4.69, 9.17) is 10.8 Å². The fraction of sp³-hybridized carbons (Fsp3) is 0.800. The molecule has 1 aliphatic heterocycles. The van der Waals surface area contributed by atoms with Crippen molar-refractivity contribution in [1.29, 1.82) is 0 Å². The van der Waals surface area contributed by atoms with Crippen LogP contribution in [0, 0.1) is 5.92 Å². The van der Waals surface area contributed by atoms with Gasteiger partial charge in [-0.1, -0.05) is 26.7 Å². The maximum Gasteiger partial charge on any atom is 0.0764 e. The molecule has 1 aromatic heterocycles. The van der Waals surface area contributed by atoms with Crippen LogP contribution in [-0.4, -0.2) is 33.3 Å². The Morgan fingerprint density at radius 1 is 1.37 bits per heavy atom. The number of nitrogens with zero attached hydrogens (tertiary/aromatic N) is 3. The summed E-state index contributed by atoms with van der Waals surface area (Å²) in [4.78, 5) is 2.40. The van der Waals surface area contributed by atoms with Crippen LogP contribution in [0.15, 0.2) is 12.3 Å². The largest absolute Gasteiger partial charge is 0.323 e. The molecule has 1 saturated carbocycles. The molecule has 19 heavy (non-hydrogen) atoms. The molecule has 2 fully saturated rings. The second kappa shape index (κ2) is 4.91. The Labute approximate surface area is 116 Å².